The smallest absolute Gasteiger partial charge is 0.263 e. The summed E-state index contributed by atoms with van der Waals surface area (Å²) in [7, 11) is 0. The lowest BCUT2D eigenvalue weighted by Crippen LogP contribution is -2.51. The second kappa shape index (κ2) is 5.64. The molecule has 0 atom stereocenters. The number of benzene rings is 1. The van der Waals surface area contributed by atoms with Crippen LogP contribution in [0.25, 0.3) is 6.08 Å². The lowest BCUT2D eigenvalue weighted by Gasteiger charge is -2.17. The van der Waals surface area contributed by atoms with Gasteiger partial charge in [0.05, 0.1) is 6.61 Å². The van der Waals surface area contributed by atoms with Crippen LogP contribution in [0.15, 0.2) is 17.7 Å². The summed E-state index contributed by atoms with van der Waals surface area (Å²) in [5.74, 6) is 0.461. The van der Waals surface area contributed by atoms with Crippen molar-refractivity contribution in [2.45, 2.75) is 6.92 Å². The maximum atomic E-state index is 11.9. The number of nitrogens with one attached hydrogen (secondary N) is 2. The molecule has 2 aliphatic rings. The highest BCUT2D eigenvalue weighted by molar-refractivity contribution is 7.80. The zero-order valence-corrected chi connectivity index (χ0v) is 12.4. The van der Waals surface area contributed by atoms with Crippen LogP contribution < -0.4 is 24.8 Å². The summed E-state index contributed by atoms with van der Waals surface area (Å²) in [4.78, 5) is 23.8. The predicted molar refractivity (Wildman–Crippen MR) is 80.6 cm³/mol. The predicted octanol–water partition coefficient (Wildman–Crippen LogP) is 0.728. The van der Waals surface area contributed by atoms with Crippen LogP contribution >= 0.6 is 12.2 Å². The van der Waals surface area contributed by atoms with E-state index in [0.717, 1.165) is 0 Å². The molecule has 1 saturated heterocycles. The molecule has 114 valence electrons. The van der Waals surface area contributed by atoms with Crippen LogP contribution in [-0.2, 0) is 9.59 Å². The van der Waals surface area contributed by atoms with E-state index in [1.54, 1.807) is 12.1 Å². The minimum atomic E-state index is -0.561. The number of hydrogen-bond donors (Lipinski definition) is 2. The number of hydrogen-bond acceptors (Lipinski definition) is 6. The standard InChI is InChI=1S/C14H12N2O5S/c1-2-19-9-5-11-10(20-6-21-11)4-7(9)3-8-12(17)15-14(22)16-13(8)18/h3-5H,2,6H2,1H3,(H2,15,16,17,18,22). The Bertz CT molecular complexity index is 691. The van der Waals surface area contributed by atoms with Gasteiger partial charge in [-0.25, -0.2) is 0 Å². The molecular formula is C14H12N2O5S. The fourth-order valence-corrected chi connectivity index (χ4v) is 2.28. The highest BCUT2D eigenvalue weighted by Gasteiger charge is 2.27. The monoisotopic (exact) mass is 320 g/mol. The van der Waals surface area contributed by atoms with Crippen molar-refractivity contribution in [2.75, 3.05) is 13.4 Å². The molecule has 0 unspecified atom stereocenters. The second-order valence-corrected chi connectivity index (χ2v) is 4.88. The number of carbonyl (C=O) groups excluding carboxylic acids is 2. The SMILES string of the molecule is CCOc1cc2c(cc1C=C1C(=O)NC(=S)NC1=O)OCO2. The van der Waals surface area contributed by atoms with Gasteiger partial charge >= 0.3 is 0 Å². The van der Waals surface area contributed by atoms with E-state index in [1.807, 2.05) is 6.92 Å². The van der Waals surface area contributed by atoms with Gasteiger partial charge in [0.15, 0.2) is 16.6 Å². The molecule has 22 heavy (non-hydrogen) atoms. The van der Waals surface area contributed by atoms with Gasteiger partial charge in [-0.2, -0.15) is 0 Å². The molecule has 2 heterocycles. The van der Waals surface area contributed by atoms with Gasteiger partial charge in [0.25, 0.3) is 11.8 Å². The van der Waals surface area contributed by atoms with Gasteiger partial charge in [-0.05, 0) is 31.3 Å². The van der Waals surface area contributed by atoms with E-state index in [9.17, 15) is 9.59 Å². The fraction of sp³-hybridized carbons (Fsp3) is 0.214. The maximum absolute atomic E-state index is 11.9. The van der Waals surface area contributed by atoms with Gasteiger partial charge < -0.3 is 14.2 Å². The summed E-state index contributed by atoms with van der Waals surface area (Å²) in [5.41, 5.74) is 0.479. The van der Waals surface area contributed by atoms with Crippen molar-refractivity contribution >= 4 is 35.2 Å². The summed E-state index contributed by atoms with van der Waals surface area (Å²) in [6, 6.07) is 3.33. The van der Waals surface area contributed by atoms with Gasteiger partial charge in [0.1, 0.15) is 11.3 Å². The van der Waals surface area contributed by atoms with Crippen LogP contribution in [0, 0.1) is 0 Å². The van der Waals surface area contributed by atoms with Crippen LogP contribution in [0.3, 0.4) is 0 Å². The van der Waals surface area contributed by atoms with E-state index in [0.29, 0.717) is 29.4 Å². The number of fused-ring (bicyclic) bond motifs is 1. The normalized spacial score (nSPS) is 16.2. The topological polar surface area (TPSA) is 85.9 Å². The fourth-order valence-electron chi connectivity index (χ4n) is 2.09. The molecule has 2 N–H and O–H groups in total. The summed E-state index contributed by atoms with van der Waals surface area (Å²) >= 11 is 4.76. The van der Waals surface area contributed by atoms with Gasteiger partial charge in [-0.15, -0.1) is 0 Å². The van der Waals surface area contributed by atoms with Gasteiger partial charge in [0.2, 0.25) is 6.79 Å². The Morgan fingerprint density at radius 2 is 1.86 bits per heavy atom. The average molecular weight is 320 g/mol. The first kappa shape index (κ1) is 14.3. The van der Waals surface area contributed by atoms with Crippen molar-refractivity contribution in [3.8, 4) is 17.2 Å². The van der Waals surface area contributed by atoms with E-state index in [-0.39, 0.29) is 17.5 Å². The third kappa shape index (κ3) is 2.60. The van der Waals surface area contributed by atoms with E-state index < -0.39 is 11.8 Å². The lowest BCUT2D eigenvalue weighted by molar-refractivity contribution is -0.123. The summed E-state index contributed by atoms with van der Waals surface area (Å²) < 4.78 is 16.1. The molecular weight excluding hydrogens is 308 g/mol. The third-order valence-electron chi connectivity index (χ3n) is 3.05. The van der Waals surface area contributed by atoms with Crippen LogP contribution in [0.2, 0.25) is 0 Å². The van der Waals surface area contributed by atoms with Crippen LogP contribution in [0.5, 0.6) is 17.2 Å². The number of rotatable bonds is 3. The van der Waals surface area contributed by atoms with Crippen molar-refractivity contribution < 1.29 is 23.8 Å². The Balaban J connectivity index is 2.03. The first-order chi connectivity index (χ1) is 10.6. The van der Waals surface area contributed by atoms with Gasteiger partial charge in [-0.3, -0.25) is 20.2 Å². The van der Waals surface area contributed by atoms with Crippen LogP contribution in [0.1, 0.15) is 12.5 Å². The molecule has 8 heteroatoms. The highest BCUT2D eigenvalue weighted by Crippen LogP contribution is 2.39. The third-order valence-corrected chi connectivity index (χ3v) is 3.25. The molecule has 0 aromatic heterocycles. The zero-order valence-electron chi connectivity index (χ0n) is 11.6. The largest absolute Gasteiger partial charge is 0.493 e. The molecule has 0 radical (unpaired) electrons. The van der Waals surface area contributed by atoms with Gasteiger partial charge in [-0.1, -0.05) is 0 Å². The molecule has 1 aromatic rings. The molecule has 0 aliphatic carbocycles. The molecule has 0 saturated carbocycles. The Morgan fingerprint density at radius 1 is 1.23 bits per heavy atom. The van der Waals surface area contributed by atoms with Crippen molar-refractivity contribution in [2.24, 2.45) is 0 Å². The maximum Gasteiger partial charge on any atom is 0.263 e. The van der Waals surface area contributed by atoms with Gasteiger partial charge in [0, 0.05) is 11.6 Å². The van der Waals surface area contributed by atoms with Crippen LogP contribution in [0.4, 0.5) is 0 Å². The Labute approximate surface area is 131 Å². The number of amides is 2. The Kier molecular flexibility index (Phi) is 3.68. The van der Waals surface area contributed by atoms with E-state index in [1.165, 1.54) is 6.08 Å². The summed E-state index contributed by atoms with van der Waals surface area (Å²) in [6.45, 7) is 2.38. The van der Waals surface area contributed by atoms with Crippen molar-refractivity contribution in [1.82, 2.24) is 10.6 Å². The number of ether oxygens (including phenoxy) is 3. The number of thiocarbonyl (C=S) groups is 1. The second-order valence-electron chi connectivity index (χ2n) is 4.47. The molecule has 1 aromatic carbocycles. The van der Waals surface area contributed by atoms with Crippen molar-refractivity contribution in [3.05, 3.63) is 23.3 Å². The van der Waals surface area contributed by atoms with Crippen molar-refractivity contribution in [1.29, 1.82) is 0 Å². The van der Waals surface area contributed by atoms with Crippen LogP contribution in [-0.4, -0.2) is 30.3 Å². The first-order valence-corrected chi connectivity index (χ1v) is 6.94. The molecule has 2 aliphatic heterocycles. The molecule has 3 rings (SSSR count). The number of carbonyl (C=O) groups is 2. The minimum Gasteiger partial charge on any atom is -0.493 e. The molecule has 1 fully saturated rings. The molecule has 7 nitrogen and oxygen atoms in total. The molecule has 0 spiro atoms. The average Bonchev–Trinajstić information content (AvgIpc) is 2.90. The highest BCUT2D eigenvalue weighted by atomic mass is 32.1. The Hall–Kier alpha value is -2.61. The Morgan fingerprint density at radius 3 is 2.50 bits per heavy atom. The van der Waals surface area contributed by atoms with E-state index >= 15 is 0 Å². The van der Waals surface area contributed by atoms with E-state index in [4.69, 9.17) is 26.4 Å². The summed E-state index contributed by atoms with van der Waals surface area (Å²) in [6.07, 6.45) is 1.43. The summed E-state index contributed by atoms with van der Waals surface area (Å²) in [5, 5.41) is 4.75. The van der Waals surface area contributed by atoms with E-state index in [2.05, 4.69) is 10.6 Å². The molecule has 0 bridgehead atoms. The quantitative estimate of drug-likeness (QED) is 0.485. The minimum absolute atomic E-state index is 0.0112. The first-order valence-electron chi connectivity index (χ1n) is 6.53. The lowest BCUT2D eigenvalue weighted by atomic mass is 10.1. The molecule has 2 amide bonds. The van der Waals surface area contributed by atoms with Crippen molar-refractivity contribution in [3.63, 3.8) is 0 Å². The zero-order chi connectivity index (χ0) is 15.7.